The van der Waals surface area contributed by atoms with E-state index in [-0.39, 0.29) is 6.10 Å². The van der Waals surface area contributed by atoms with Crippen LogP contribution in [0.4, 0.5) is 0 Å². The van der Waals surface area contributed by atoms with Gasteiger partial charge in [-0.2, -0.15) is 0 Å². The molecule has 1 aliphatic heterocycles. The van der Waals surface area contributed by atoms with Crippen LogP contribution in [0.3, 0.4) is 0 Å². The summed E-state index contributed by atoms with van der Waals surface area (Å²) in [4.78, 5) is 0. The zero-order valence-corrected chi connectivity index (χ0v) is 14.0. The van der Waals surface area contributed by atoms with Crippen molar-refractivity contribution in [3.05, 3.63) is 40.9 Å². The zero-order valence-electron chi connectivity index (χ0n) is 13.3. The van der Waals surface area contributed by atoms with Gasteiger partial charge in [0.1, 0.15) is 11.9 Å². The predicted molar refractivity (Wildman–Crippen MR) is 91.8 cm³/mol. The lowest BCUT2D eigenvalue weighted by Crippen LogP contribution is -2.30. The third-order valence-electron chi connectivity index (χ3n) is 4.11. The van der Waals surface area contributed by atoms with E-state index in [9.17, 15) is 0 Å². The van der Waals surface area contributed by atoms with E-state index in [1.807, 2.05) is 30.3 Å². The minimum atomic E-state index is 0.0269. The van der Waals surface area contributed by atoms with Gasteiger partial charge in [-0.05, 0) is 36.6 Å². The van der Waals surface area contributed by atoms with Crippen LogP contribution in [0.1, 0.15) is 12.0 Å². The van der Waals surface area contributed by atoms with Crippen LogP contribution in [0.5, 0.6) is 17.2 Å². The summed E-state index contributed by atoms with van der Waals surface area (Å²) in [6.07, 6.45) is 1.83. The van der Waals surface area contributed by atoms with Gasteiger partial charge in [0.25, 0.3) is 0 Å². The smallest absolute Gasteiger partial charge is 0.168 e. The van der Waals surface area contributed by atoms with E-state index in [0.29, 0.717) is 23.1 Å². The molecule has 5 heteroatoms. The van der Waals surface area contributed by atoms with E-state index in [0.717, 1.165) is 35.3 Å². The largest absolute Gasteiger partial charge is 0.493 e. The highest BCUT2D eigenvalue weighted by Crippen LogP contribution is 2.45. The number of benzene rings is 2. The molecule has 1 atom stereocenters. The van der Waals surface area contributed by atoms with Crippen LogP contribution < -0.4 is 19.9 Å². The SMILES string of the molecule is COc1cccc(-c2cc(Cl)cc3c2O[C@@H](CN)CC3)c1OC. The summed E-state index contributed by atoms with van der Waals surface area (Å²) in [6.45, 7) is 0.497. The van der Waals surface area contributed by atoms with Gasteiger partial charge in [-0.1, -0.05) is 23.7 Å². The quantitative estimate of drug-likeness (QED) is 0.927. The van der Waals surface area contributed by atoms with Crippen molar-refractivity contribution >= 4 is 11.6 Å². The van der Waals surface area contributed by atoms with Crippen LogP contribution in [0.2, 0.25) is 5.02 Å². The Kier molecular flexibility index (Phi) is 4.64. The van der Waals surface area contributed by atoms with E-state index in [1.165, 1.54) is 0 Å². The summed E-state index contributed by atoms with van der Waals surface area (Å²) in [5, 5.41) is 0.679. The van der Waals surface area contributed by atoms with Crippen molar-refractivity contribution in [2.45, 2.75) is 18.9 Å². The number of rotatable bonds is 4. The van der Waals surface area contributed by atoms with E-state index < -0.39 is 0 Å². The van der Waals surface area contributed by atoms with Gasteiger partial charge >= 0.3 is 0 Å². The minimum absolute atomic E-state index is 0.0269. The molecule has 0 aromatic heterocycles. The van der Waals surface area contributed by atoms with Gasteiger partial charge in [0.15, 0.2) is 11.5 Å². The molecule has 0 saturated carbocycles. The van der Waals surface area contributed by atoms with Gasteiger partial charge in [-0.25, -0.2) is 0 Å². The third kappa shape index (κ3) is 2.96. The molecular weight excluding hydrogens is 314 g/mol. The first-order chi connectivity index (χ1) is 11.2. The van der Waals surface area contributed by atoms with Crippen LogP contribution in [0, 0.1) is 0 Å². The Balaban J connectivity index is 2.19. The van der Waals surface area contributed by atoms with Gasteiger partial charge in [0.05, 0.1) is 14.2 Å². The van der Waals surface area contributed by atoms with E-state index in [4.69, 9.17) is 31.5 Å². The second-order valence-corrected chi connectivity index (χ2v) is 5.93. The van der Waals surface area contributed by atoms with Crippen LogP contribution in [-0.2, 0) is 6.42 Å². The van der Waals surface area contributed by atoms with Gasteiger partial charge in [0.2, 0.25) is 0 Å². The number of para-hydroxylation sites is 1. The van der Waals surface area contributed by atoms with Crippen LogP contribution >= 0.6 is 11.6 Å². The highest BCUT2D eigenvalue weighted by atomic mass is 35.5. The normalized spacial score (nSPS) is 16.4. The molecule has 0 fully saturated rings. The molecule has 3 rings (SSSR count). The molecule has 0 spiro atoms. The van der Waals surface area contributed by atoms with Crippen LogP contribution in [0.25, 0.3) is 11.1 Å². The van der Waals surface area contributed by atoms with Crippen molar-refractivity contribution in [2.24, 2.45) is 5.73 Å². The van der Waals surface area contributed by atoms with Crippen molar-refractivity contribution in [1.29, 1.82) is 0 Å². The minimum Gasteiger partial charge on any atom is -0.493 e. The molecule has 2 aromatic carbocycles. The summed E-state index contributed by atoms with van der Waals surface area (Å²) in [5.41, 5.74) is 8.68. The molecule has 1 aliphatic rings. The summed E-state index contributed by atoms with van der Waals surface area (Å²) < 4.78 is 17.1. The Bertz CT molecular complexity index is 718. The highest BCUT2D eigenvalue weighted by molar-refractivity contribution is 6.31. The summed E-state index contributed by atoms with van der Waals surface area (Å²) in [7, 11) is 3.25. The lowest BCUT2D eigenvalue weighted by atomic mass is 9.95. The number of nitrogens with two attached hydrogens (primary N) is 1. The number of methoxy groups -OCH3 is 2. The molecule has 0 aliphatic carbocycles. The molecule has 4 nitrogen and oxygen atoms in total. The molecule has 0 saturated heterocycles. The molecule has 2 N–H and O–H groups in total. The third-order valence-corrected chi connectivity index (χ3v) is 4.33. The van der Waals surface area contributed by atoms with E-state index in [2.05, 4.69) is 0 Å². The van der Waals surface area contributed by atoms with Crippen molar-refractivity contribution in [2.75, 3.05) is 20.8 Å². The second kappa shape index (κ2) is 6.69. The Morgan fingerprint density at radius 3 is 2.74 bits per heavy atom. The van der Waals surface area contributed by atoms with Gasteiger partial charge in [0, 0.05) is 22.7 Å². The Morgan fingerprint density at radius 2 is 2.04 bits per heavy atom. The molecule has 0 bridgehead atoms. The molecular formula is C18H20ClNO3. The van der Waals surface area contributed by atoms with Crippen molar-refractivity contribution < 1.29 is 14.2 Å². The fraction of sp³-hybridized carbons (Fsp3) is 0.333. The fourth-order valence-corrected chi connectivity index (χ4v) is 3.22. The number of hydrogen-bond donors (Lipinski definition) is 1. The zero-order chi connectivity index (χ0) is 16.4. The van der Waals surface area contributed by atoms with Gasteiger partial charge in [-0.3, -0.25) is 0 Å². The lowest BCUT2D eigenvalue weighted by molar-refractivity contribution is 0.182. The first kappa shape index (κ1) is 16.0. The van der Waals surface area contributed by atoms with Crippen LogP contribution in [-0.4, -0.2) is 26.9 Å². The molecule has 0 radical (unpaired) electrons. The number of fused-ring (bicyclic) bond motifs is 1. The monoisotopic (exact) mass is 333 g/mol. The lowest BCUT2D eigenvalue weighted by Gasteiger charge is -2.28. The summed E-state index contributed by atoms with van der Waals surface area (Å²) in [6, 6.07) is 9.62. The fourth-order valence-electron chi connectivity index (χ4n) is 2.98. The predicted octanol–water partition coefficient (Wildman–Crippen LogP) is 3.68. The first-order valence-electron chi connectivity index (χ1n) is 7.58. The van der Waals surface area contributed by atoms with Crippen molar-refractivity contribution in [3.8, 4) is 28.4 Å². The Hall–Kier alpha value is -1.91. The number of hydrogen-bond acceptors (Lipinski definition) is 4. The van der Waals surface area contributed by atoms with Gasteiger partial charge in [-0.15, -0.1) is 0 Å². The first-order valence-corrected chi connectivity index (χ1v) is 7.96. The Morgan fingerprint density at radius 1 is 1.22 bits per heavy atom. The van der Waals surface area contributed by atoms with Crippen molar-refractivity contribution in [3.63, 3.8) is 0 Å². The van der Waals surface area contributed by atoms with Gasteiger partial charge < -0.3 is 19.9 Å². The molecule has 2 aromatic rings. The standard InChI is InChI=1S/C18H20ClNO3/c1-21-16-5-3-4-14(18(16)22-2)15-9-12(19)8-11-6-7-13(10-20)23-17(11)15/h3-5,8-9,13H,6-7,10,20H2,1-2H3/t13-/m1/s1. The molecule has 0 amide bonds. The number of ether oxygens (including phenoxy) is 3. The maximum Gasteiger partial charge on any atom is 0.168 e. The highest BCUT2D eigenvalue weighted by Gasteiger charge is 2.25. The summed E-state index contributed by atoms with van der Waals surface area (Å²) >= 11 is 6.32. The molecule has 1 heterocycles. The van der Waals surface area contributed by atoms with Crippen LogP contribution in [0.15, 0.2) is 30.3 Å². The maximum absolute atomic E-state index is 6.32. The number of aryl methyl sites for hydroxylation is 1. The number of halogens is 1. The van der Waals surface area contributed by atoms with E-state index >= 15 is 0 Å². The second-order valence-electron chi connectivity index (χ2n) is 5.50. The topological polar surface area (TPSA) is 53.7 Å². The maximum atomic E-state index is 6.32. The molecule has 23 heavy (non-hydrogen) atoms. The Labute approximate surface area is 141 Å². The van der Waals surface area contributed by atoms with Crippen molar-refractivity contribution in [1.82, 2.24) is 0 Å². The molecule has 122 valence electrons. The average molecular weight is 334 g/mol. The molecule has 0 unspecified atom stereocenters. The summed E-state index contributed by atoms with van der Waals surface area (Å²) in [5.74, 6) is 2.17. The van der Waals surface area contributed by atoms with E-state index in [1.54, 1.807) is 14.2 Å². The average Bonchev–Trinajstić information content (AvgIpc) is 2.59.